The number of alkyl halides is 4. The minimum absolute atomic E-state index is 0.0163. The summed E-state index contributed by atoms with van der Waals surface area (Å²) in [7, 11) is -4.58. The molecule has 11 nitrogen and oxygen atoms in total. The summed E-state index contributed by atoms with van der Waals surface area (Å²) >= 11 is 0. The Bertz CT molecular complexity index is 1260. The zero-order chi connectivity index (χ0) is 31.5. The zero-order valence-electron chi connectivity index (χ0n) is 23.1. The maximum absolute atomic E-state index is 16.1. The van der Waals surface area contributed by atoms with Crippen molar-refractivity contribution < 1.29 is 59.8 Å². The summed E-state index contributed by atoms with van der Waals surface area (Å²) in [5, 5.41) is 2.37. The second-order valence-corrected chi connectivity index (χ2v) is 11.7. The van der Waals surface area contributed by atoms with Gasteiger partial charge >= 0.3 is 25.9 Å². The van der Waals surface area contributed by atoms with E-state index in [1.165, 1.54) is 25.1 Å². The van der Waals surface area contributed by atoms with Crippen molar-refractivity contribution in [3.05, 3.63) is 54.8 Å². The smallest absolute Gasteiger partial charge is 0.462 e. The summed E-state index contributed by atoms with van der Waals surface area (Å²) in [6.45, 7) is 7.93. The van der Waals surface area contributed by atoms with Gasteiger partial charge in [-0.2, -0.15) is 18.3 Å². The van der Waals surface area contributed by atoms with Crippen molar-refractivity contribution in [2.45, 2.75) is 76.5 Å². The number of halogens is 4. The van der Waals surface area contributed by atoms with Gasteiger partial charge < -0.3 is 18.7 Å². The van der Waals surface area contributed by atoms with Gasteiger partial charge in [0.1, 0.15) is 17.9 Å². The molecule has 3 rings (SSSR count). The van der Waals surface area contributed by atoms with Gasteiger partial charge in [-0.05, 0) is 51.5 Å². The molecule has 6 atom stereocenters. The maximum atomic E-state index is 16.1. The van der Waals surface area contributed by atoms with E-state index < -0.39 is 74.6 Å². The van der Waals surface area contributed by atoms with Crippen molar-refractivity contribution in [1.82, 2.24) is 9.99 Å². The van der Waals surface area contributed by atoms with Crippen LogP contribution in [0.2, 0.25) is 0 Å². The number of amides is 1. The topological polar surface area (TPSA) is 130 Å². The number of hydrogen-bond acceptors (Lipinski definition) is 9. The highest BCUT2D eigenvalue weighted by atomic mass is 31.2. The Morgan fingerprint density at radius 1 is 1.24 bits per heavy atom. The van der Waals surface area contributed by atoms with Crippen LogP contribution in [0.25, 0.3) is 0 Å². The van der Waals surface area contributed by atoms with Crippen molar-refractivity contribution in [3.8, 4) is 5.75 Å². The molecule has 1 fully saturated rings. The quantitative estimate of drug-likeness (QED) is 0.216. The molecule has 16 heteroatoms. The highest BCUT2D eigenvalue weighted by molar-refractivity contribution is 7.52. The predicted molar refractivity (Wildman–Crippen MR) is 138 cm³/mol. The average Bonchev–Trinajstić information content (AvgIpc) is 3.11. The minimum Gasteiger partial charge on any atom is -0.462 e. The lowest BCUT2D eigenvalue weighted by Crippen LogP contribution is -2.52. The number of nitrogens with one attached hydrogen (secondary N) is 1. The lowest BCUT2D eigenvalue weighted by atomic mass is 9.96. The molecular formula is C26H31F4N2O9P. The average molecular weight is 623 g/mol. The third-order valence-corrected chi connectivity index (χ3v) is 7.61. The standard InChI is InChI=1S/C26H31F4N2O9P/c1-15(2)38-22(34)17(4)31-42(36,41-18-9-7-6-8-10-18)37-14-19-21(40-24(35)26(28,29)30)25(5,27)23(39-19)32-12-11-16(3)13-20(32)33/h6-12,15,17,19,21,23H,3,13-14H2,1-2,4-5H3,(H,31,36)/t17-,19+,21+,23+,25+,42-/m0/s1. The number of esters is 2. The molecule has 1 aromatic carbocycles. The normalized spacial score (nSPS) is 26.6. The van der Waals surface area contributed by atoms with E-state index in [2.05, 4.69) is 16.4 Å². The number of ether oxygens (including phenoxy) is 3. The van der Waals surface area contributed by atoms with Crippen LogP contribution < -0.4 is 9.61 Å². The monoisotopic (exact) mass is 622 g/mol. The number of nitrogens with zero attached hydrogens (tertiary/aromatic N) is 1. The first-order chi connectivity index (χ1) is 19.4. The van der Waals surface area contributed by atoms with E-state index in [4.69, 9.17) is 18.5 Å². The van der Waals surface area contributed by atoms with Crippen LogP contribution in [0, 0.1) is 0 Å². The van der Waals surface area contributed by atoms with Crippen LogP contribution in [0.4, 0.5) is 17.6 Å². The summed E-state index contributed by atoms with van der Waals surface area (Å²) in [4.78, 5) is 37.5. The first-order valence-electron chi connectivity index (χ1n) is 12.7. The molecular weight excluding hydrogens is 591 g/mol. The molecule has 1 saturated heterocycles. The van der Waals surface area contributed by atoms with E-state index in [1.807, 2.05) is 0 Å². The van der Waals surface area contributed by atoms with Crippen LogP contribution >= 0.6 is 7.75 Å². The molecule has 0 radical (unpaired) electrons. The molecule has 0 spiro atoms. The van der Waals surface area contributed by atoms with Gasteiger partial charge in [0, 0.05) is 6.20 Å². The van der Waals surface area contributed by atoms with Crippen LogP contribution in [0.15, 0.2) is 54.8 Å². The van der Waals surface area contributed by atoms with Crippen LogP contribution in [-0.4, -0.2) is 71.8 Å². The molecule has 42 heavy (non-hydrogen) atoms. The fourth-order valence-electron chi connectivity index (χ4n) is 4.04. The van der Waals surface area contributed by atoms with E-state index in [9.17, 15) is 32.1 Å². The Kier molecular flexibility index (Phi) is 10.2. The number of carbonyl (C=O) groups excluding carboxylic acids is 3. The van der Waals surface area contributed by atoms with Crippen molar-refractivity contribution in [3.63, 3.8) is 0 Å². The van der Waals surface area contributed by atoms with Gasteiger partial charge in [0.05, 0.1) is 19.1 Å². The Morgan fingerprint density at radius 2 is 1.88 bits per heavy atom. The highest BCUT2D eigenvalue weighted by Crippen LogP contribution is 2.47. The number of allylic oxidation sites excluding steroid dienone is 1. The van der Waals surface area contributed by atoms with Crippen LogP contribution in [-0.2, 0) is 37.7 Å². The van der Waals surface area contributed by atoms with Crippen molar-refractivity contribution in [2.24, 2.45) is 0 Å². The zero-order valence-corrected chi connectivity index (χ0v) is 24.0. The van der Waals surface area contributed by atoms with E-state index >= 15 is 4.39 Å². The van der Waals surface area contributed by atoms with Crippen molar-refractivity contribution in [2.75, 3.05) is 6.61 Å². The molecule has 0 aromatic heterocycles. The van der Waals surface area contributed by atoms with E-state index in [-0.39, 0.29) is 12.2 Å². The predicted octanol–water partition coefficient (Wildman–Crippen LogP) is 4.35. The number of carbonyl (C=O) groups is 3. The molecule has 0 aliphatic carbocycles. The summed E-state index contributed by atoms with van der Waals surface area (Å²) in [5.74, 6) is -4.21. The molecule has 2 aliphatic rings. The summed E-state index contributed by atoms with van der Waals surface area (Å²) in [5.41, 5.74) is -2.51. The molecule has 2 heterocycles. The van der Waals surface area contributed by atoms with Crippen LogP contribution in [0.1, 0.15) is 34.1 Å². The highest BCUT2D eigenvalue weighted by Gasteiger charge is 2.61. The second kappa shape index (κ2) is 12.9. The van der Waals surface area contributed by atoms with Gasteiger partial charge in [0.2, 0.25) is 5.91 Å². The fourth-order valence-corrected chi connectivity index (χ4v) is 5.54. The van der Waals surface area contributed by atoms with E-state index in [0.717, 1.165) is 18.0 Å². The lowest BCUT2D eigenvalue weighted by molar-refractivity contribution is -0.211. The first kappa shape index (κ1) is 33.2. The van der Waals surface area contributed by atoms with Crippen LogP contribution in [0.3, 0.4) is 0 Å². The molecule has 232 valence electrons. The number of benzene rings is 1. The SMILES string of the molecule is C=C1C=CN([C@@H]2O[C@H](CO[P@@](=O)(N[C@@H](C)C(=O)OC(C)C)Oc3ccccc3)[C@@H](OC(=O)C(F)(F)F)[C@@]2(C)F)C(=O)C1. The molecule has 1 aromatic rings. The second-order valence-electron chi connectivity index (χ2n) is 9.99. The Balaban J connectivity index is 1.91. The van der Waals surface area contributed by atoms with Gasteiger partial charge in [0.15, 0.2) is 18.0 Å². The summed E-state index contributed by atoms with van der Waals surface area (Å²) < 4.78 is 95.2. The van der Waals surface area contributed by atoms with Gasteiger partial charge in [-0.25, -0.2) is 13.8 Å². The van der Waals surface area contributed by atoms with Gasteiger partial charge in [-0.1, -0.05) is 24.8 Å². The number of hydrogen-bond donors (Lipinski definition) is 1. The molecule has 1 N–H and O–H groups in total. The minimum atomic E-state index is -5.49. The first-order valence-corrected chi connectivity index (χ1v) is 14.2. The Labute approximate surface area is 239 Å². The third kappa shape index (κ3) is 8.18. The summed E-state index contributed by atoms with van der Waals surface area (Å²) in [6, 6.07) is 6.26. The van der Waals surface area contributed by atoms with Crippen LogP contribution in [0.5, 0.6) is 5.75 Å². The van der Waals surface area contributed by atoms with Crippen molar-refractivity contribution in [1.29, 1.82) is 0 Å². The van der Waals surface area contributed by atoms with Crippen molar-refractivity contribution >= 4 is 25.6 Å². The Morgan fingerprint density at radius 3 is 2.45 bits per heavy atom. The lowest BCUT2D eigenvalue weighted by Gasteiger charge is -2.34. The number of rotatable bonds is 11. The Hall–Kier alpha value is -3.26. The summed E-state index contributed by atoms with van der Waals surface area (Å²) in [6.07, 6.45) is -9.69. The number of para-hydroxylation sites is 1. The largest absolute Gasteiger partial charge is 0.490 e. The molecule has 0 bridgehead atoms. The maximum Gasteiger partial charge on any atom is 0.490 e. The van der Waals surface area contributed by atoms with Gasteiger partial charge in [-0.3, -0.25) is 19.0 Å². The fraction of sp³-hybridized carbons (Fsp3) is 0.500. The molecule has 2 aliphatic heterocycles. The molecule has 0 saturated carbocycles. The van der Waals surface area contributed by atoms with Gasteiger partial charge in [0.25, 0.3) is 0 Å². The molecule has 0 unspecified atom stereocenters. The molecule has 1 amide bonds. The van der Waals surface area contributed by atoms with E-state index in [1.54, 1.807) is 32.0 Å². The van der Waals surface area contributed by atoms with Gasteiger partial charge in [-0.15, -0.1) is 0 Å². The van der Waals surface area contributed by atoms with E-state index in [0.29, 0.717) is 5.57 Å². The third-order valence-electron chi connectivity index (χ3n) is 5.97.